The van der Waals surface area contributed by atoms with Crippen molar-refractivity contribution in [1.29, 1.82) is 0 Å². The Morgan fingerprint density at radius 1 is 1.06 bits per heavy atom. The molecule has 4 nitrogen and oxygen atoms in total. The SMILES string of the molecule is Cc1ccc(CS(=O)(=O)O)cc1.c1ccncc1. The van der Waals surface area contributed by atoms with Gasteiger partial charge in [0.2, 0.25) is 0 Å². The second kappa shape index (κ2) is 6.88. The molecule has 96 valence electrons. The first-order valence-corrected chi connectivity index (χ1v) is 6.94. The van der Waals surface area contributed by atoms with Gasteiger partial charge in [-0.25, -0.2) is 0 Å². The molecule has 0 unspecified atom stereocenters. The highest BCUT2D eigenvalue weighted by Crippen LogP contribution is 2.06. The first-order valence-electron chi connectivity index (χ1n) is 5.33. The van der Waals surface area contributed by atoms with Crippen LogP contribution in [0.4, 0.5) is 0 Å². The average molecular weight is 265 g/mol. The number of pyridine rings is 1. The molecular formula is C13H15NO3S. The number of rotatable bonds is 2. The van der Waals surface area contributed by atoms with Gasteiger partial charge in [-0.2, -0.15) is 8.42 Å². The number of benzene rings is 1. The van der Waals surface area contributed by atoms with E-state index in [2.05, 4.69) is 4.98 Å². The zero-order valence-corrected chi connectivity index (χ0v) is 10.8. The fraction of sp³-hybridized carbons (Fsp3) is 0.154. The third-order valence-corrected chi connectivity index (χ3v) is 2.73. The molecule has 0 saturated carbocycles. The smallest absolute Gasteiger partial charge is 0.269 e. The summed E-state index contributed by atoms with van der Waals surface area (Å²) in [4.78, 5) is 3.78. The number of hydrogen-bond acceptors (Lipinski definition) is 3. The molecule has 0 aliphatic rings. The van der Waals surface area contributed by atoms with Crippen LogP contribution in [0.2, 0.25) is 0 Å². The first-order chi connectivity index (χ1) is 8.47. The maximum atomic E-state index is 10.4. The van der Waals surface area contributed by atoms with E-state index in [1.54, 1.807) is 36.7 Å². The van der Waals surface area contributed by atoms with Gasteiger partial charge in [-0.3, -0.25) is 9.54 Å². The Morgan fingerprint density at radius 3 is 1.94 bits per heavy atom. The van der Waals surface area contributed by atoms with Gasteiger partial charge < -0.3 is 0 Å². The van der Waals surface area contributed by atoms with E-state index in [-0.39, 0.29) is 5.75 Å². The lowest BCUT2D eigenvalue weighted by molar-refractivity contribution is 0.482. The van der Waals surface area contributed by atoms with E-state index in [0.29, 0.717) is 5.56 Å². The molecule has 0 atom stereocenters. The predicted molar refractivity (Wildman–Crippen MR) is 70.7 cm³/mol. The second-order valence-corrected chi connectivity index (χ2v) is 5.19. The van der Waals surface area contributed by atoms with Crippen LogP contribution in [-0.4, -0.2) is 18.0 Å². The molecule has 18 heavy (non-hydrogen) atoms. The molecule has 5 heteroatoms. The number of aryl methyl sites for hydroxylation is 1. The molecule has 1 aromatic carbocycles. The lowest BCUT2D eigenvalue weighted by Gasteiger charge is -1.97. The van der Waals surface area contributed by atoms with Gasteiger partial charge in [-0.1, -0.05) is 35.9 Å². The van der Waals surface area contributed by atoms with Crippen molar-refractivity contribution >= 4 is 10.1 Å². The lowest BCUT2D eigenvalue weighted by Crippen LogP contribution is -2.01. The summed E-state index contributed by atoms with van der Waals surface area (Å²) < 4.78 is 29.4. The minimum absolute atomic E-state index is 0.312. The van der Waals surface area contributed by atoms with Crippen molar-refractivity contribution in [3.8, 4) is 0 Å². The summed E-state index contributed by atoms with van der Waals surface area (Å²) in [5.74, 6) is -0.312. The van der Waals surface area contributed by atoms with Crippen molar-refractivity contribution in [2.24, 2.45) is 0 Å². The van der Waals surface area contributed by atoms with Crippen LogP contribution in [0.15, 0.2) is 54.9 Å². The fourth-order valence-corrected chi connectivity index (χ4v) is 1.82. The van der Waals surface area contributed by atoms with E-state index in [1.807, 2.05) is 25.1 Å². The Labute approximate surface area is 107 Å². The molecule has 1 aromatic heterocycles. The van der Waals surface area contributed by atoms with Gasteiger partial charge in [0, 0.05) is 12.4 Å². The lowest BCUT2D eigenvalue weighted by atomic mass is 10.2. The van der Waals surface area contributed by atoms with Crippen LogP contribution in [0.1, 0.15) is 11.1 Å². The Hall–Kier alpha value is -1.72. The van der Waals surface area contributed by atoms with E-state index in [1.165, 1.54) is 0 Å². The molecule has 0 fully saturated rings. The van der Waals surface area contributed by atoms with Crippen molar-refractivity contribution in [3.63, 3.8) is 0 Å². The molecular weight excluding hydrogens is 250 g/mol. The molecule has 0 amide bonds. The van der Waals surface area contributed by atoms with Crippen molar-refractivity contribution in [3.05, 3.63) is 66.0 Å². The Balaban J connectivity index is 0.000000225. The van der Waals surface area contributed by atoms with Gasteiger partial charge in [0.25, 0.3) is 10.1 Å². The van der Waals surface area contributed by atoms with Crippen LogP contribution >= 0.6 is 0 Å². The summed E-state index contributed by atoms with van der Waals surface area (Å²) in [5, 5.41) is 0. The van der Waals surface area contributed by atoms with Gasteiger partial charge in [0.1, 0.15) is 5.75 Å². The maximum Gasteiger partial charge on any atom is 0.269 e. The summed E-state index contributed by atoms with van der Waals surface area (Å²) in [5.41, 5.74) is 1.66. The highest BCUT2D eigenvalue weighted by atomic mass is 32.2. The van der Waals surface area contributed by atoms with E-state index in [4.69, 9.17) is 4.55 Å². The van der Waals surface area contributed by atoms with Crippen LogP contribution in [0, 0.1) is 6.92 Å². The summed E-state index contributed by atoms with van der Waals surface area (Å²) >= 11 is 0. The zero-order valence-electron chi connectivity index (χ0n) is 10.0. The molecule has 0 radical (unpaired) electrons. The molecule has 0 aliphatic carbocycles. The van der Waals surface area contributed by atoms with Gasteiger partial charge >= 0.3 is 0 Å². The third-order valence-electron chi connectivity index (χ3n) is 2.04. The van der Waals surface area contributed by atoms with Crippen molar-refractivity contribution in [2.75, 3.05) is 0 Å². The van der Waals surface area contributed by atoms with E-state index in [0.717, 1.165) is 5.56 Å². The Bertz CT molecular complexity index is 524. The Morgan fingerprint density at radius 2 is 1.61 bits per heavy atom. The van der Waals surface area contributed by atoms with E-state index < -0.39 is 10.1 Å². The van der Waals surface area contributed by atoms with Gasteiger partial charge in [0.15, 0.2) is 0 Å². The molecule has 0 spiro atoms. The van der Waals surface area contributed by atoms with Gasteiger partial charge in [0.05, 0.1) is 0 Å². The van der Waals surface area contributed by atoms with Crippen molar-refractivity contribution in [1.82, 2.24) is 4.98 Å². The van der Waals surface area contributed by atoms with Crippen LogP contribution in [0.5, 0.6) is 0 Å². The molecule has 1 N–H and O–H groups in total. The normalized spacial score (nSPS) is 10.3. The summed E-state index contributed by atoms with van der Waals surface area (Å²) in [7, 11) is -3.89. The van der Waals surface area contributed by atoms with Crippen LogP contribution in [0.25, 0.3) is 0 Å². The highest BCUT2D eigenvalue weighted by Gasteiger charge is 2.04. The standard InChI is InChI=1S/C8H10O3S.C5H5N/c1-7-2-4-8(5-3-7)6-12(9,10)11;1-2-4-6-5-3-1/h2-5H,6H2,1H3,(H,9,10,11);1-5H. The number of nitrogens with zero attached hydrogens (tertiary/aromatic N) is 1. The predicted octanol–water partition coefficient (Wildman–Crippen LogP) is 2.46. The minimum Gasteiger partial charge on any atom is -0.285 e. The molecule has 0 aliphatic heterocycles. The zero-order chi connectivity index (χ0) is 13.4. The Kier molecular flexibility index (Phi) is 5.48. The number of aromatic nitrogens is 1. The molecule has 2 aromatic rings. The van der Waals surface area contributed by atoms with Gasteiger partial charge in [-0.15, -0.1) is 0 Å². The largest absolute Gasteiger partial charge is 0.285 e. The van der Waals surface area contributed by atoms with E-state index in [9.17, 15) is 8.42 Å². The highest BCUT2D eigenvalue weighted by molar-refractivity contribution is 7.85. The van der Waals surface area contributed by atoms with Crippen molar-refractivity contribution in [2.45, 2.75) is 12.7 Å². The first kappa shape index (κ1) is 14.3. The summed E-state index contributed by atoms with van der Waals surface area (Å²) in [6, 6.07) is 12.7. The number of hydrogen-bond donors (Lipinski definition) is 1. The summed E-state index contributed by atoms with van der Waals surface area (Å²) in [6.45, 7) is 1.91. The van der Waals surface area contributed by atoms with E-state index >= 15 is 0 Å². The summed E-state index contributed by atoms with van der Waals surface area (Å²) in [6.07, 6.45) is 3.50. The molecule has 1 heterocycles. The molecule has 2 rings (SSSR count). The van der Waals surface area contributed by atoms with Crippen LogP contribution < -0.4 is 0 Å². The maximum absolute atomic E-state index is 10.4. The topological polar surface area (TPSA) is 67.3 Å². The average Bonchev–Trinajstić information content (AvgIpc) is 2.34. The quantitative estimate of drug-likeness (QED) is 0.847. The molecule has 0 bridgehead atoms. The van der Waals surface area contributed by atoms with Crippen molar-refractivity contribution < 1.29 is 13.0 Å². The van der Waals surface area contributed by atoms with Crippen LogP contribution in [-0.2, 0) is 15.9 Å². The second-order valence-electron chi connectivity index (χ2n) is 3.74. The van der Waals surface area contributed by atoms with Gasteiger partial charge in [-0.05, 0) is 24.6 Å². The minimum atomic E-state index is -3.89. The van der Waals surface area contributed by atoms with Crippen LogP contribution in [0.3, 0.4) is 0 Å². The molecule has 0 saturated heterocycles. The monoisotopic (exact) mass is 265 g/mol. The fourth-order valence-electron chi connectivity index (χ4n) is 1.21. The third kappa shape index (κ3) is 6.78.